The average Bonchev–Trinajstić information content (AvgIpc) is 2.56. The largest absolute Gasteiger partial charge is 0.454 e. The Labute approximate surface area is 107 Å². The molecule has 0 unspecified atom stereocenters. The molecule has 1 aliphatic heterocycles. The summed E-state index contributed by atoms with van der Waals surface area (Å²) in [6.45, 7) is 2.17. The highest BCUT2D eigenvalue weighted by molar-refractivity contribution is 6.05. The fourth-order valence-electron chi connectivity index (χ4n) is 2.18. The zero-order valence-electron chi connectivity index (χ0n) is 10.4. The molecule has 0 radical (unpaired) electrons. The topological polar surface area (TPSA) is 21.6 Å². The van der Waals surface area contributed by atoms with Gasteiger partial charge in [0.1, 0.15) is 11.4 Å². The van der Waals surface area contributed by atoms with Gasteiger partial charge in [0.15, 0.2) is 5.75 Å². The van der Waals surface area contributed by atoms with E-state index in [1.54, 1.807) is 0 Å². The van der Waals surface area contributed by atoms with Gasteiger partial charge in [-0.3, -0.25) is 0 Å². The minimum absolute atomic E-state index is 0.830. The lowest BCUT2D eigenvalue weighted by Gasteiger charge is -2.08. The van der Waals surface area contributed by atoms with Crippen LogP contribution in [0.25, 0.3) is 0 Å². The van der Waals surface area contributed by atoms with Gasteiger partial charge in [-0.15, -0.1) is 0 Å². The highest BCUT2D eigenvalue weighted by atomic mass is 16.5. The molecule has 18 heavy (non-hydrogen) atoms. The molecule has 0 amide bonds. The Morgan fingerprint density at radius 3 is 2.50 bits per heavy atom. The molecule has 0 N–H and O–H groups in total. The van der Waals surface area contributed by atoms with E-state index >= 15 is 0 Å². The molecule has 1 aliphatic rings. The van der Waals surface area contributed by atoms with Crippen molar-refractivity contribution in [2.24, 2.45) is 4.99 Å². The maximum Gasteiger partial charge on any atom is 0.153 e. The van der Waals surface area contributed by atoms with E-state index in [9.17, 15) is 0 Å². The van der Waals surface area contributed by atoms with Gasteiger partial charge in [0, 0.05) is 5.56 Å². The van der Waals surface area contributed by atoms with Crippen molar-refractivity contribution >= 4 is 11.4 Å². The third-order valence-corrected chi connectivity index (χ3v) is 3.03. The van der Waals surface area contributed by atoms with Crippen molar-refractivity contribution in [1.82, 2.24) is 0 Å². The maximum atomic E-state index is 5.96. The maximum absolute atomic E-state index is 5.96. The Kier molecular flexibility index (Phi) is 2.85. The highest BCUT2D eigenvalue weighted by Gasteiger charge is 2.16. The van der Waals surface area contributed by atoms with Gasteiger partial charge in [0.05, 0.1) is 5.71 Å². The average molecular weight is 237 g/mol. The lowest BCUT2D eigenvalue weighted by molar-refractivity contribution is 0.484. The molecule has 0 bridgehead atoms. The number of fused-ring (bicyclic) bond motifs is 2. The minimum atomic E-state index is 0.830. The molecular weight excluding hydrogens is 222 g/mol. The van der Waals surface area contributed by atoms with Gasteiger partial charge in [0.2, 0.25) is 0 Å². The molecule has 2 aromatic carbocycles. The second kappa shape index (κ2) is 4.65. The molecule has 0 atom stereocenters. The van der Waals surface area contributed by atoms with Crippen molar-refractivity contribution in [2.75, 3.05) is 0 Å². The summed E-state index contributed by atoms with van der Waals surface area (Å²) in [5.74, 6) is 1.73. The van der Waals surface area contributed by atoms with Crippen LogP contribution < -0.4 is 4.74 Å². The number of nitrogens with zero attached hydrogens (tertiary/aromatic N) is 1. The van der Waals surface area contributed by atoms with E-state index in [1.165, 1.54) is 0 Å². The molecule has 0 spiro atoms. The first-order valence-corrected chi connectivity index (χ1v) is 6.32. The zero-order chi connectivity index (χ0) is 12.4. The minimum Gasteiger partial charge on any atom is -0.454 e. The van der Waals surface area contributed by atoms with Crippen LogP contribution in [0.2, 0.25) is 0 Å². The summed E-state index contributed by atoms with van der Waals surface area (Å²) in [5.41, 5.74) is 3.13. The second-order valence-electron chi connectivity index (χ2n) is 4.37. The lowest BCUT2D eigenvalue weighted by atomic mass is 10.1. The summed E-state index contributed by atoms with van der Waals surface area (Å²) in [4.78, 5) is 4.76. The summed E-state index contributed by atoms with van der Waals surface area (Å²) in [7, 11) is 0. The molecule has 90 valence electrons. The number of rotatable bonds is 2. The first kappa shape index (κ1) is 11.0. The van der Waals surface area contributed by atoms with Crippen molar-refractivity contribution in [1.29, 1.82) is 0 Å². The van der Waals surface area contributed by atoms with Crippen molar-refractivity contribution in [2.45, 2.75) is 19.8 Å². The summed E-state index contributed by atoms with van der Waals surface area (Å²) < 4.78 is 5.96. The quantitative estimate of drug-likeness (QED) is 0.741. The summed E-state index contributed by atoms with van der Waals surface area (Å²) in [6.07, 6.45) is 2.05. The molecule has 3 rings (SSSR count). The van der Waals surface area contributed by atoms with E-state index < -0.39 is 0 Å². The van der Waals surface area contributed by atoms with Gasteiger partial charge in [-0.25, -0.2) is 4.99 Å². The normalized spacial score (nSPS) is 12.8. The van der Waals surface area contributed by atoms with Crippen LogP contribution in [0, 0.1) is 0 Å². The van der Waals surface area contributed by atoms with Crippen LogP contribution in [-0.2, 0) is 0 Å². The Balaban J connectivity index is 2.19. The Hall–Kier alpha value is -2.09. The predicted octanol–water partition coefficient (Wildman–Crippen LogP) is 4.71. The summed E-state index contributed by atoms with van der Waals surface area (Å²) >= 11 is 0. The van der Waals surface area contributed by atoms with E-state index in [2.05, 4.69) is 13.0 Å². The molecular formula is C16H15NO. The lowest BCUT2D eigenvalue weighted by Crippen LogP contribution is -2.00. The van der Waals surface area contributed by atoms with Crippen LogP contribution in [-0.4, -0.2) is 5.71 Å². The Morgan fingerprint density at radius 2 is 1.67 bits per heavy atom. The molecule has 0 saturated carbocycles. The van der Waals surface area contributed by atoms with Crippen molar-refractivity contribution in [3.8, 4) is 11.5 Å². The van der Waals surface area contributed by atoms with Gasteiger partial charge >= 0.3 is 0 Å². The Morgan fingerprint density at radius 1 is 0.944 bits per heavy atom. The molecule has 2 nitrogen and oxygen atoms in total. The number of benzene rings is 2. The van der Waals surface area contributed by atoms with Crippen molar-refractivity contribution in [3.63, 3.8) is 0 Å². The van der Waals surface area contributed by atoms with Crippen LogP contribution in [0.15, 0.2) is 53.5 Å². The SMILES string of the molecule is CCCC1=Nc2ccccc2Oc2ccccc21. The number of ether oxygens (including phenoxy) is 1. The fraction of sp³-hybridized carbons (Fsp3) is 0.188. The van der Waals surface area contributed by atoms with E-state index in [0.29, 0.717) is 0 Å². The van der Waals surface area contributed by atoms with Crippen LogP contribution in [0.5, 0.6) is 11.5 Å². The molecule has 0 aliphatic carbocycles. The van der Waals surface area contributed by atoms with Crippen LogP contribution >= 0.6 is 0 Å². The molecule has 0 aromatic heterocycles. The number of para-hydroxylation sites is 3. The molecule has 1 heterocycles. The Bertz CT molecular complexity index is 602. The third-order valence-electron chi connectivity index (χ3n) is 3.03. The van der Waals surface area contributed by atoms with Crippen molar-refractivity contribution in [3.05, 3.63) is 54.1 Å². The molecule has 0 saturated heterocycles. The first-order chi connectivity index (χ1) is 8.88. The van der Waals surface area contributed by atoms with Crippen LogP contribution in [0.1, 0.15) is 25.3 Å². The van der Waals surface area contributed by atoms with E-state index in [0.717, 1.165) is 41.3 Å². The monoisotopic (exact) mass is 237 g/mol. The standard InChI is InChI=1S/C16H15NO/c1-2-7-13-12-8-3-5-10-15(12)18-16-11-6-4-9-14(16)17-13/h3-6,8-11H,2,7H2,1H3. The fourth-order valence-corrected chi connectivity index (χ4v) is 2.18. The van der Waals surface area contributed by atoms with Crippen molar-refractivity contribution < 1.29 is 4.74 Å². The van der Waals surface area contributed by atoms with Gasteiger partial charge in [-0.2, -0.15) is 0 Å². The van der Waals surface area contributed by atoms with Gasteiger partial charge in [-0.05, 0) is 30.7 Å². The van der Waals surface area contributed by atoms with Gasteiger partial charge in [0.25, 0.3) is 0 Å². The second-order valence-corrected chi connectivity index (χ2v) is 4.37. The van der Waals surface area contributed by atoms with Gasteiger partial charge in [-0.1, -0.05) is 37.6 Å². The number of hydrogen-bond acceptors (Lipinski definition) is 2. The molecule has 2 heteroatoms. The van der Waals surface area contributed by atoms with Crippen LogP contribution in [0.3, 0.4) is 0 Å². The first-order valence-electron chi connectivity index (χ1n) is 6.32. The van der Waals surface area contributed by atoms with E-state index in [-0.39, 0.29) is 0 Å². The van der Waals surface area contributed by atoms with E-state index in [4.69, 9.17) is 9.73 Å². The smallest absolute Gasteiger partial charge is 0.153 e. The van der Waals surface area contributed by atoms with Gasteiger partial charge < -0.3 is 4.74 Å². The number of aliphatic imine (C=N–C) groups is 1. The zero-order valence-corrected chi connectivity index (χ0v) is 10.4. The summed E-state index contributed by atoms with van der Waals surface area (Å²) in [5, 5.41) is 0. The third kappa shape index (κ3) is 1.90. The molecule has 0 fully saturated rings. The predicted molar refractivity (Wildman–Crippen MR) is 74.1 cm³/mol. The number of hydrogen-bond donors (Lipinski definition) is 0. The highest BCUT2D eigenvalue weighted by Crippen LogP contribution is 2.37. The summed E-state index contributed by atoms with van der Waals surface area (Å²) in [6, 6.07) is 16.0. The van der Waals surface area contributed by atoms with E-state index in [1.807, 2.05) is 42.5 Å². The van der Waals surface area contributed by atoms with Crippen LogP contribution in [0.4, 0.5) is 5.69 Å². The molecule has 2 aromatic rings.